The zero-order valence-electron chi connectivity index (χ0n) is 17.0. The van der Waals surface area contributed by atoms with E-state index in [4.69, 9.17) is 4.74 Å². The van der Waals surface area contributed by atoms with Crippen molar-refractivity contribution in [1.82, 2.24) is 20.4 Å². The second-order valence-electron chi connectivity index (χ2n) is 7.15. The highest BCUT2D eigenvalue weighted by atomic mass is 16.5. The zero-order chi connectivity index (χ0) is 20.2. The van der Waals surface area contributed by atoms with Crippen molar-refractivity contribution in [2.24, 2.45) is 5.92 Å². The van der Waals surface area contributed by atoms with Gasteiger partial charge >= 0.3 is 0 Å². The Morgan fingerprint density at radius 3 is 2.52 bits per heavy atom. The van der Waals surface area contributed by atoms with Crippen molar-refractivity contribution in [3.63, 3.8) is 0 Å². The summed E-state index contributed by atoms with van der Waals surface area (Å²) < 4.78 is 5.32. The van der Waals surface area contributed by atoms with E-state index >= 15 is 0 Å². The first kappa shape index (κ1) is 23.1. The number of carbonyl (C=O) groups is 3. The lowest BCUT2D eigenvalue weighted by Crippen LogP contribution is -2.43. The molecule has 1 aliphatic rings. The van der Waals surface area contributed by atoms with E-state index in [1.807, 2.05) is 19.9 Å². The van der Waals surface area contributed by atoms with Gasteiger partial charge in [0.2, 0.25) is 18.2 Å². The molecule has 1 heterocycles. The molecule has 1 fully saturated rings. The molecule has 0 unspecified atom stereocenters. The minimum absolute atomic E-state index is 0.0517. The Morgan fingerprint density at radius 1 is 1.26 bits per heavy atom. The van der Waals surface area contributed by atoms with E-state index in [2.05, 4.69) is 15.5 Å². The van der Waals surface area contributed by atoms with Crippen LogP contribution in [-0.4, -0.2) is 87.1 Å². The summed E-state index contributed by atoms with van der Waals surface area (Å²) in [6.45, 7) is 10.7. The van der Waals surface area contributed by atoms with Crippen LogP contribution in [0.1, 0.15) is 27.2 Å². The van der Waals surface area contributed by atoms with E-state index in [-0.39, 0.29) is 30.3 Å². The standard InChI is InChI=1S/C19H34N4O4/c1-15(2)17(22(4)18(25)13-20-14-24)12-16(3)19(26)21-6-5-7-23-8-10-27-11-9-23/h12,14-15,17H,5-11,13H2,1-4H3,(H,20,24)(H,21,26)/t17-/m1/s1. The van der Waals surface area contributed by atoms with Gasteiger partial charge in [0.1, 0.15) is 0 Å². The molecule has 0 aromatic heterocycles. The predicted octanol–water partition coefficient (Wildman–Crippen LogP) is 0.000200. The Hall–Kier alpha value is -1.93. The predicted molar refractivity (Wildman–Crippen MR) is 104 cm³/mol. The van der Waals surface area contributed by atoms with Gasteiger partial charge in [0.25, 0.3) is 0 Å². The largest absolute Gasteiger partial charge is 0.379 e. The first-order valence-corrected chi connectivity index (χ1v) is 9.56. The summed E-state index contributed by atoms with van der Waals surface area (Å²) in [5, 5.41) is 5.32. The fourth-order valence-corrected chi connectivity index (χ4v) is 2.97. The third-order valence-electron chi connectivity index (χ3n) is 4.68. The van der Waals surface area contributed by atoms with Gasteiger partial charge in [-0.1, -0.05) is 19.9 Å². The maximum atomic E-state index is 12.3. The van der Waals surface area contributed by atoms with E-state index < -0.39 is 0 Å². The lowest BCUT2D eigenvalue weighted by Gasteiger charge is -2.29. The molecule has 0 aromatic carbocycles. The Morgan fingerprint density at radius 2 is 1.93 bits per heavy atom. The lowest BCUT2D eigenvalue weighted by molar-refractivity contribution is -0.132. The number of carbonyl (C=O) groups excluding carboxylic acids is 3. The SMILES string of the molecule is CC(=C[C@H](C(C)C)N(C)C(=O)CNC=O)C(=O)NCCCN1CCOCC1. The second kappa shape index (κ2) is 12.5. The van der Waals surface area contributed by atoms with Crippen LogP contribution < -0.4 is 10.6 Å². The van der Waals surface area contributed by atoms with Crippen LogP contribution >= 0.6 is 0 Å². The number of nitrogens with one attached hydrogen (secondary N) is 2. The molecule has 1 saturated heterocycles. The molecule has 8 nitrogen and oxygen atoms in total. The van der Waals surface area contributed by atoms with Crippen molar-refractivity contribution in [2.75, 3.05) is 53.0 Å². The number of ether oxygens (including phenoxy) is 1. The average molecular weight is 383 g/mol. The van der Waals surface area contributed by atoms with Crippen molar-refractivity contribution in [3.8, 4) is 0 Å². The number of nitrogens with zero attached hydrogens (tertiary/aromatic N) is 2. The smallest absolute Gasteiger partial charge is 0.246 e. The van der Waals surface area contributed by atoms with Crippen LogP contribution in [0.25, 0.3) is 0 Å². The fourth-order valence-electron chi connectivity index (χ4n) is 2.97. The highest BCUT2D eigenvalue weighted by molar-refractivity contribution is 5.93. The molecule has 1 atom stereocenters. The van der Waals surface area contributed by atoms with E-state index in [1.165, 1.54) is 0 Å². The Kier molecular flexibility index (Phi) is 10.7. The van der Waals surface area contributed by atoms with Crippen molar-refractivity contribution in [2.45, 2.75) is 33.2 Å². The van der Waals surface area contributed by atoms with Gasteiger partial charge in [-0.2, -0.15) is 0 Å². The van der Waals surface area contributed by atoms with Crippen LogP contribution in [0.5, 0.6) is 0 Å². The van der Waals surface area contributed by atoms with Gasteiger partial charge < -0.3 is 20.3 Å². The monoisotopic (exact) mass is 382 g/mol. The molecule has 1 aliphatic heterocycles. The highest BCUT2D eigenvalue weighted by Crippen LogP contribution is 2.13. The highest BCUT2D eigenvalue weighted by Gasteiger charge is 2.22. The summed E-state index contributed by atoms with van der Waals surface area (Å²) >= 11 is 0. The third kappa shape index (κ3) is 8.53. The molecule has 27 heavy (non-hydrogen) atoms. The normalized spacial score (nSPS) is 16.7. The Bertz CT molecular complexity index is 516. The second-order valence-corrected chi connectivity index (χ2v) is 7.15. The van der Waals surface area contributed by atoms with Gasteiger partial charge in [0, 0.05) is 32.3 Å². The van der Waals surface area contributed by atoms with E-state index in [0.717, 1.165) is 39.3 Å². The summed E-state index contributed by atoms with van der Waals surface area (Å²) in [4.78, 5) is 38.7. The molecular formula is C19H34N4O4. The van der Waals surface area contributed by atoms with Crippen LogP contribution in [0.15, 0.2) is 11.6 Å². The first-order chi connectivity index (χ1) is 12.9. The third-order valence-corrected chi connectivity index (χ3v) is 4.68. The summed E-state index contributed by atoms with van der Waals surface area (Å²) in [7, 11) is 1.68. The number of hydrogen-bond donors (Lipinski definition) is 2. The summed E-state index contributed by atoms with van der Waals surface area (Å²) in [5.74, 6) is -0.176. The van der Waals surface area contributed by atoms with Crippen molar-refractivity contribution >= 4 is 18.2 Å². The molecule has 8 heteroatoms. The summed E-state index contributed by atoms with van der Waals surface area (Å²) in [5.41, 5.74) is 0.586. The summed E-state index contributed by atoms with van der Waals surface area (Å²) in [6.07, 6.45) is 3.21. The van der Waals surface area contributed by atoms with Crippen LogP contribution in [0, 0.1) is 5.92 Å². The zero-order valence-corrected chi connectivity index (χ0v) is 17.0. The molecule has 3 amide bonds. The first-order valence-electron chi connectivity index (χ1n) is 9.56. The molecule has 0 radical (unpaired) electrons. The minimum atomic E-state index is -0.218. The van der Waals surface area contributed by atoms with Crippen LogP contribution in [-0.2, 0) is 19.1 Å². The van der Waals surface area contributed by atoms with Crippen molar-refractivity contribution in [3.05, 3.63) is 11.6 Å². The van der Waals surface area contributed by atoms with E-state index in [1.54, 1.807) is 18.9 Å². The Balaban J connectivity index is 2.49. The number of morpholine rings is 1. The van der Waals surface area contributed by atoms with Gasteiger partial charge in [-0.3, -0.25) is 19.3 Å². The van der Waals surface area contributed by atoms with Gasteiger partial charge in [0.05, 0.1) is 25.8 Å². The van der Waals surface area contributed by atoms with Gasteiger partial charge in [-0.05, 0) is 25.8 Å². The number of rotatable bonds is 11. The molecule has 0 aromatic rings. The number of hydrogen-bond acceptors (Lipinski definition) is 5. The fraction of sp³-hybridized carbons (Fsp3) is 0.737. The number of likely N-dealkylation sites (N-methyl/N-ethyl adjacent to an activating group) is 1. The molecule has 154 valence electrons. The topological polar surface area (TPSA) is 91.0 Å². The van der Waals surface area contributed by atoms with E-state index in [0.29, 0.717) is 18.5 Å². The average Bonchev–Trinajstić information content (AvgIpc) is 2.67. The molecule has 0 saturated carbocycles. The van der Waals surface area contributed by atoms with Crippen LogP contribution in [0.2, 0.25) is 0 Å². The molecule has 0 spiro atoms. The van der Waals surface area contributed by atoms with Gasteiger partial charge in [0.15, 0.2) is 0 Å². The minimum Gasteiger partial charge on any atom is -0.379 e. The lowest BCUT2D eigenvalue weighted by atomic mass is 10.00. The van der Waals surface area contributed by atoms with Crippen LogP contribution in [0.4, 0.5) is 0 Å². The van der Waals surface area contributed by atoms with Gasteiger partial charge in [-0.15, -0.1) is 0 Å². The molecule has 1 rings (SSSR count). The maximum Gasteiger partial charge on any atom is 0.246 e. The van der Waals surface area contributed by atoms with Gasteiger partial charge in [-0.25, -0.2) is 0 Å². The summed E-state index contributed by atoms with van der Waals surface area (Å²) in [6, 6.07) is -0.218. The van der Waals surface area contributed by atoms with Crippen LogP contribution in [0.3, 0.4) is 0 Å². The van der Waals surface area contributed by atoms with Crippen molar-refractivity contribution in [1.29, 1.82) is 0 Å². The maximum absolute atomic E-state index is 12.3. The quantitative estimate of drug-likeness (QED) is 0.298. The molecule has 0 aliphatic carbocycles. The van der Waals surface area contributed by atoms with Crippen molar-refractivity contribution < 1.29 is 19.1 Å². The number of amides is 3. The Labute approximate surface area is 162 Å². The molecular weight excluding hydrogens is 348 g/mol. The van der Waals surface area contributed by atoms with E-state index in [9.17, 15) is 14.4 Å². The molecule has 2 N–H and O–H groups in total. The molecule has 0 bridgehead atoms.